The van der Waals surface area contributed by atoms with E-state index in [1.165, 1.54) is 12.0 Å². The summed E-state index contributed by atoms with van der Waals surface area (Å²) in [5, 5.41) is 0. The zero-order chi connectivity index (χ0) is 12.2. The summed E-state index contributed by atoms with van der Waals surface area (Å²) in [6, 6.07) is 6.87. The second-order valence-electron chi connectivity index (χ2n) is 5.59. The van der Waals surface area contributed by atoms with Gasteiger partial charge in [0.05, 0.1) is 0 Å². The van der Waals surface area contributed by atoms with Crippen LogP contribution in [0.5, 0.6) is 0 Å². The van der Waals surface area contributed by atoms with E-state index in [9.17, 15) is 4.39 Å². The molecule has 1 rings (SSSR count). The largest absolute Gasteiger partial charge is 0.207 e. The minimum absolute atomic E-state index is 0.158. The summed E-state index contributed by atoms with van der Waals surface area (Å²) in [6.45, 7) is 8.84. The average molecular weight is 221 g/mol. The summed E-state index contributed by atoms with van der Waals surface area (Å²) in [5.41, 5.74) is 1.58. The Morgan fingerprint density at radius 2 is 1.75 bits per heavy atom. The van der Waals surface area contributed by atoms with Gasteiger partial charge in [0.25, 0.3) is 0 Å². The van der Waals surface area contributed by atoms with Crippen molar-refractivity contribution in [2.75, 3.05) is 0 Å². The first-order chi connectivity index (χ1) is 7.42. The molecule has 1 aromatic rings. The van der Waals surface area contributed by atoms with Gasteiger partial charge in [0.2, 0.25) is 0 Å². The van der Waals surface area contributed by atoms with Crippen LogP contribution in [0.3, 0.4) is 0 Å². The number of rotatable bonds is 4. The van der Waals surface area contributed by atoms with E-state index in [0.29, 0.717) is 11.3 Å². The Morgan fingerprint density at radius 3 is 2.19 bits per heavy atom. The lowest BCUT2D eigenvalue weighted by molar-refractivity contribution is 0.355. The summed E-state index contributed by atoms with van der Waals surface area (Å²) in [5.74, 6) is 0.286. The van der Waals surface area contributed by atoms with Crippen LogP contribution >= 0.6 is 0 Å². The van der Waals surface area contributed by atoms with Gasteiger partial charge >= 0.3 is 0 Å². The zero-order valence-corrected chi connectivity index (χ0v) is 10.8. The average Bonchev–Trinajstić information content (AvgIpc) is 2.20. The summed E-state index contributed by atoms with van der Waals surface area (Å²) < 4.78 is 12.8. The Balaban J connectivity index is 2.64. The molecule has 0 N–H and O–H groups in total. The molecule has 0 spiro atoms. The Labute approximate surface area is 98.9 Å². The van der Waals surface area contributed by atoms with E-state index < -0.39 is 0 Å². The van der Waals surface area contributed by atoms with Gasteiger partial charge in [-0.3, -0.25) is 0 Å². The van der Waals surface area contributed by atoms with Crippen molar-refractivity contribution in [1.82, 2.24) is 0 Å². The van der Waals surface area contributed by atoms with E-state index in [0.717, 1.165) is 6.42 Å². The molecular weight excluding hydrogens is 199 g/mol. The van der Waals surface area contributed by atoms with E-state index in [1.54, 1.807) is 12.1 Å². The van der Waals surface area contributed by atoms with Gasteiger partial charge in [-0.1, -0.05) is 39.8 Å². The summed E-state index contributed by atoms with van der Waals surface area (Å²) in [4.78, 5) is 0. The van der Waals surface area contributed by atoms with Gasteiger partial charge < -0.3 is 0 Å². The molecule has 0 fully saturated rings. The molecule has 1 aromatic carbocycles. The fourth-order valence-corrected chi connectivity index (χ4v) is 1.82. The minimum atomic E-state index is -0.158. The molecule has 0 heterocycles. The molecule has 1 atom stereocenters. The summed E-state index contributed by atoms with van der Waals surface area (Å²) >= 11 is 0. The van der Waals surface area contributed by atoms with Gasteiger partial charge in [-0.25, -0.2) is 4.39 Å². The second-order valence-corrected chi connectivity index (χ2v) is 5.59. The first kappa shape index (κ1) is 13.2. The van der Waals surface area contributed by atoms with Crippen molar-refractivity contribution in [2.45, 2.75) is 46.5 Å². The molecule has 89 valence electrons. The Morgan fingerprint density at radius 1 is 1.19 bits per heavy atom. The standard InChI is InChI=1S/C15H22F/c1-5-12(10-11-15(2,3)4)13-6-8-14(16)9-7-13/h5-9,12H,10-11H2,1-4H3. The molecule has 0 aliphatic heterocycles. The summed E-state index contributed by atoms with van der Waals surface area (Å²) in [7, 11) is 0. The van der Waals surface area contributed by atoms with Crippen LogP contribution < -0.4 is 0 Å². The SMILES string of the molecule is C[CH]C(CCC(C)(C)C)c1ccc(F)cc1. The van der Waals surface area contributed by atoms with E-state index in [4.69, 9.17) is 0 Å². The monoisotopic (exact) mass is 221 g/mol. The van der Waals surface area contributed by atoms with E-state index >= 15 is 0 Å². The molecule has 0 saturated carbocycles. The molecule has 1 radical (unpaired) electrons. The molecule has 0 amide bonds. The third-order valence-corrected chi connectivity index (χ3v) is 2.91. The maximum Gasteiger partial charge on any atom is 0.123 e. The van der Waals surface area contributed by atoms with Gasteiger partial charge in [-0.2, -0.15) is 0 Å². The smallest absolute Gasteiger partial charge is 0.123 e. The molecule has 0 bridgehead atoms. The van der Waals surface area contributed by atoms with Gasteiger partial charge in [0, 0.05) is 0 Å². The maximum atomic E-state index is 12.8. The number of hydrogen-bond donors (Lipinski definition) is 0. The molecule has 0 nitrogen and oxygen atoms in total. The molecule has 0 aliphatic rings. The van der Waals surface area contributed by atoms with Gasteiger partial charge in [-0.15, -0.1) is 0 Å². The first-order valence-electron chi connectivity index (χ1n) is 5.97. The van der Waals surface area contributed by atoms with Gasteiger partial charge in [0.1, 0.15) is 5.82 Å². The highest BCUT2D eigenvalue weighted by atomic mass is 19.1. The highest BCUT2D eigenvalue weighted by Crippen LogP contribution is 2.30. The third kappa shape index (κ3) is 4.34. The lowest BCUT2D eigenvalue weighted by atomic mass is 9.83. The van der Waals surface area contributed by atoms with Crippen molar-refractivity contribution >= 4 is 0 Å². The van der Waals surface area contributed by atoms with Crippen LogP contribution in [0.25, 0.3) is 0 Å². The number of hydrogen-bond acceptors (Lipinski definition) is 0. The fourth-order valence-electron chi connectivity index (χ4n) is 1.82. The highest BCUT2D eigenvalue weighted by Gasteiger charge is 2.15. The summed E-state index contributed by atoms with van der Waals surface area (Å²) in [6.07, 6.45) is 4.52. The predicted molar refractivity (Wildman–Crippen MR) is 67.8 cm³/mol. The van der Waals surface area contributed by atoms with Crippen molar-refractivity contribution in [3.05, 3.63) is 42.1 Å². The Bertz CT molecular complexity index is 305. The van der Waals surface area contributed by atoms with E-state index in [-0.39, 0.29) is 5.82 Å². The molecule has 0 saturated heterocycles. The van der Waals surface area contributed by atoms with Crippen LogP contribution in [0, 0.1) is 17.7 Å². The molecule has 16 heavy (non-hydrogen) atoms. The molecule has 0 aromatic heterocycles. The molecule has 1 heteroatoms. The molecular formula is C15H22F. The Kier molecular flexibility index (Phi) is 4.52. The molecule has 0 aliphatic carbocycles. The topological polar surface area (TPSA) is 0 Å². The second kappa shape index (κ2) is 5.47. The first-order valence-corrected chi connectivity index (χ1v) is 5.97. The minimum Gasteiger partial charge on any atom is -0.207 e. The lowest BCUT2D eigenvalue weighted by Gasteiger charge is -2.22. The fraction of sp³-hybridized carbons (Fsp3) is 0.533. The Hall–Kier alpha value is -0.850. The van der Waals surface area contributed by atoms with Crippen LogP contribution in [0.15, 0.2) is 24.3 Å². The van der Waals surface area contributed by atoms with Crippen molar-refractivity contribution in [3.63, 3.8) is 0 Å². The van der Waals surface area contributed by atoms with Gasteiger partial charge in [0.15, 0.2) is 0 Å². The van der Waals surface area contributed by atoms with Crippen molar-refractivity contribution in [2.24, 2.45) is 5.41 Å². The number of benzene rings is 1. The molecule has 1 unspecified atom stereocenters. The third-order valence-electron chi connectivity index (χ3n) is 2.91. The zero-order valence-electron chi connectivity index (χ0n) is 10.8. The van der Waals surface area contributed by atoms with Crippen LogP contribution in [0.1, 0.15) is 52.0 Å². The van der Waals surface area contributed by atoms with Crippen molar-refractivity contribution < 1.29 is 4.39 Å². The van der Waals surface area contributed by atoms with Crippen LogP contribution in [0.2, 0.25) is 0 Å². The maximum absolute atomic E-state index is 12.8. The van der Waals surface area contributed by atoms with E-state index in [2.05, 4.69) is 34.1 Å². The highest BCUT2D eigenvalue weighted by molar-refractivity contribution is 5.22. The van der Waals surface area contributed by atoms with Crippen molar-refractivity contribution in [1.29, 1.82) is 0 Å². The van der Waals surface area contributed by atoms with Crippen LogP contribution in [-0.2, 0) is 0 Å². The van der Waals surface area contributed by atoms with Gasteiger partial charge in [-0.05, 0) is 48.3 Å². The lowest BCUT2D eigenvalue weighted by Crippen LogP contribution is -2.08. The normalized spacial score (nSPS) is 13.8. The van der Waals surface area contributed by atoms with E-state index in [1.807, 2.05) is 12.1 Å². The quantitative estimate of drug-likeness (QED) is 0.674. The van der Waals surface area contributed by atoms with Crippen molar-refractivity contribution in [3.8, 4) is 0 Å². The van der Waals surface area contributed by atoms with Crippen LogP contribution in [-0.4, -0.2) is 0 Å². The predicted octanol–water partition coefficient (Wildman–Crippen LogP) is 4.96. The number of halogens is 1. The van der Waals surface area contributed by atoms with Crippen LogP contribution in [0.4, 0.5) is 4.39 Å².